The van der Waals surface area contributed by atoms with Crippen molar-refractivity contribution in [3.05, 3.63) is 0 Å². The zero-order valence-electron chi connectivity index (χ0n) is 9.04. The lowest BCUT2D eigenvalue weighted by Gasteiger charge is -2.18. The fourth-order valence-electron chi connectivity index (χ4n) is 1.67. The second-order valence-corrected chi connectivity index (χ2v) is 5.19. The highest BCUT2D eigenvalue weighted by atomic mass is 32.2. The smallest absolute Gasteiger partial charge is 0.0466 e. The third-order valence-electron chi connectivity index (χ3n) is 2.75. The molecule has 2 nitrogen and oxygen atoms in total. The highest BCUT2D eigenvalue weighted by molar-refractivity contribution is 7.99. The van der Waals surface area contributed by atoms with E-state index in [1.807, 2.05) is 0 Å². The quantitative estimate of drug-likeness (QED) is 0.732. The second kappa shape index (κ2) is 8.57. The molecule has 2 aliphatic heterocycles. The highest BCUT2D eigenvalue weighted by Gasteiger charge is 2.10. The maximum Gasteiger partial charge on any atom is 0.0466 e. The van der Waals surface area contributed by atoms with Gasteiger partial charge in [0.05, 0.1) is 0 Å². The maximum atomic E-state index is 5.49. The topological polar surface area (TPSA) is 35.2 Å². The molecule has 0 unspecified atom stereocenters. The van der Waals surface area contributed by atoms with E-state index in [4.69, 9.17) is 10.5 Å². The Morgan fingerprint density at radius 2 is 1.71 bits per heavy atom. The molecule has 0 aromatic heterocycles. The van der Waals surface area contributed by atoms with E-state index in [9.17, 15) is 0 Å². The van der Waals surface area contributed by atoms with Crippen LogP contribution in [0.5, 0.6) is 0 Å². The number of nitrogens with two attached hydrogens (primary N) is 1. The van der Waals surface area contributed by atoms with E-state index < -0.39 is 0 Å². The minimum atomic E-state index is 0.844. The van der Waals surface area contributed by atoms with Gasteiger partial charge in [-0.1, -0.05) is 0 Å². The van der Waals surface area contributed by atoms with Crippen LogP contribution in [0.25, 0.3) is 0 Å². The van der Waals surface area contributed by atoms with E-state index in [2.05, 4.69) is 11.8 Å². The van der Waals surface area contributed by atoms with Gasteiger partial charge in [0.1, 0.15) is 0 Å². The van der Waals surface area contributed by atoms with E-state index >= 15 is 0 Å². The summed E-state index contributed by atoms with van der Waals surface area (Å²) in [5.74, 6) is 3.51. The van der Waals surface area contributed by atoms with E-state index in [-0.39, 0.29) is 0 Å². The van der Waals surface area contributed by atoms with Crippen LogP contribution in [-0.2, 0) is 4.74 Å². The van der Waals surface area contributed by atoms with Gasteiger partial charge in [0.25, 0.3) is 0 Å². The predicted molar refractivity (Wildman–Crippen MR) is 63.8 cm³/mol. The molecule has 84 valence electrons. The molecular formula is C11H23NOS. The van der Waals surface area contributed by atoms with Crippen LogP contribution in [0, 0.1) is 5.92 Å². The summed E-state index contributed by atoms with van der Waals surface area (Å²) in [7, 11) is 0. The summed E-state index contributed by atoms with van der Waals surface area (Å²) < 4.78 is 5.07. The van der Waals surface area contributed by atoms with E-state index in [1.165, 1.54) is 43.6 Å². The average Bonchev–Trinajstić information content (AvgIpc) is 2.33. The molecule has 2 saturated heterocycles. The lowest BCUT2D eigenvalue weighted by Crippen LogP contribution is -2.18. The lowest BCUT2D eigenvalue weighted by molar-refractivity contribution is 0.0968. The molecule has 0 aliphatic carbocycles. The fourth-order valence-corrected chi connectivity index (χ4v) is 2.87. The van der Waals surface area contributed by atoms with E-state index in [0.717, 1.165) is 25.7 Å². The Morgan fingerprint density at radius 3 is 2.00 bits per heavy atom. The Hall–Kier alpha value is 0.270. The number of hydrogen-bond donors (Lipinski definition) is 1. The molecule has 0 aromatic rings. The normalized spacial score (nSPS) is 23.8. The van der Waals surface area contributed by atoms with Crippen LogP contribution in [0.2, 0.25) is 0 Å². The fraction of sp³-hybridized carbons (Fsp3) is 1.00. The molecule has 0 atom stereocenters. The monoisotopic (exact) mass is 217 g/mol. The molecule has 2 heterocycles. The van der Waals surface area contributed by atoms with Crippen LogP contribution >= 0.6 is 11.8 Å². The Morgan fingerprint density at radius 1 is 1.07 bits per heavy atom. The Labute approximate surface area is 92.0 Å². The van der Waals surface area contributed by atoms with E-state index in [0.29, 0.717) is 0 Å². The zero-order chi connectivity index (χ0) is 10.1. The first-order valence-electron chi connectivity index (χ1n) is 5.79. The molecular weight excluding hydrogens is 194 g/mol. The first kappa shape index (κ1) is 12.3. The summed E-state index contributed by atoms with van der Waals surface area (Å²) in [6.07, 6.45) is 6.63. The molecule has 3 heteroatoms. The summed E-state index contributed by atoms with van der Waals surface area (Å²) in [6.45, 7) is 2.90. The van der Waals surface area contributed by atoms with Crippen molar-refractivity contribution in [2.24, 2.45) is 11.7 Å². The Bertz CT molecular complexity index is 111. The van der Waals surface area contributed by atoms with Crippen molar-refractivity contribution in [2.45, 2.75) is 32.1 Å². The van der Waals surface area contributed by atoms with Gasteiger partial charge < -0.3 is 10.5 Å². The van der Waals surface area contributed by atoms with Crippen LogP contribution < -0.4 is 5.73 Å². The van der Waals surface area contributed by atoms with Crippen molar-refractivity contribution in [3.8, 4) is 0 Å². The highest BCUT2D eigenvalue weighted by Crippen LogP contribution is 2.20. The first-order valence-corrected chi connectivity index (χ1v) is 6.94. The van der Waals surface area contributed by atoms with E-state index in [1.54, 1.807) is 0 Å². The summed E-state index contributed by atoms with van der Waals surface area (Å²) in [5.41, 5.74) is 5.49. The molecule has 0 amide bonds. The van der Waals surface area contributed by atoms with Gasteiger partial charge in [0.2, 0.25) is 0 Å². The average molecular weight is 217 g/mol. The van der Waals surface area contributed by atoms with Crippen LogP contribution in [0.1, 0.15) is 32.1 Å². The molecule has 2 N–H and O–H groups in total. The lowest BCUT2D eigenvalue weighted by atomic mass is 10.0. The SMILES string of the molecule is C1CCOCC1.NCC1CCSCC1. The van der Waals surface area contributed by atoms with Gasteiger partial charge in [-0.3, -0.25) is 0 Å². The maximum absolute atomic E-state index is 5.49. The number of thioether (sulfide) groups is 1. The summed E-state index contributed by atoms with van der Waals surface area (Å²) in [6, 6.07) is 0. The molecule has 2 rings (SSSR count). The van der Waals surface area contributed by atoms with Gasteiger partial charge in [-0.15, -0.1) is 0 Å². The minimum Gasteiger partial charge on any atom is -0.381 e. The van der Waals surface area contributed by atoms with Gasteiger partial charge in [0, 0.05) is 13.2 Å². The largest absolute Gasteiger partial charge is 0.381 e. The molecule has 0 saturated carbocycles. The van der Waals surface area contributed by atoms with Crippen LogP contribution in [0.3, 0.4) is 0 Å². The molecule has 0 bridgehead atoms. The first-order chi connectivity index (χ1) is 6.93. The molecule has 14 heavy (non-hydrogen) atoms. The summed E-state index contributed by atoms with van der Waals surface area (Å²) in [4.78, 5) is 0. The molecule has 2 fully saturated rings. The minimum absolute atomic E-state index is 0.844. The Kier molecular flexibility index (Phi) is 7.55. The van der Waals surface area contributed by atoms with Crippen LogP contribution in [0.15, 0.2) is 0 Å². The van der Waals surface area contributed by atoms with Crippen molar-refractivity contribution in [2.75, 3.05) is 31.3 Å². The van der Waals surface area contributed by atoms with Gasteiger partial charge in [0.15, 0.2) is 0 Å². The van der Waals surface area contributed by atoms with Gasteiger partial charge >= 0.3 is 0 Å². The number of ether oxygens (including phenoxy) is 1. The van der Waals surface area contributed by atoms with Crippen molar-refractivity contribution in [1.82, 2.24) is 0 Å². The Balaban J connectivity index is 0.000000146. The van der Waals surface area contributed by atoms with Crippen molar-refractivity contribution >= 4 is 11.8 Å². The summed E-state index contributed by atoms with van der Waals surface area (Å²) in [5, 5.41) is 0. The number of hydrogen-bond acceptors (Lipinski definition) is 3. The molecule has 0 spiro atoms. The molecule has 0 aromatic carbocycles. The third-order valence-corrected chi connectivity index (χ3v) is 3.80. The second-order valence-electron chi connectivity index (χ2n) is 3.96. The molecule has 2 aliphatic rings. The third kappa shape index (κ3) is 5.89. The zero-order valence-corrected chi connectivity index (χ0v) is 9.86. The molecule has 0 radical (unpaired) electrons. The van der Waals surface area contributed by atoms with Crippen molar-refractivity contribution in [3.63, 3.8) is 0 Å². The van der Waals surface area contributed by atoms with Crippen LogP contribution in [0.4, 0.5) is 0 Å². The van der Waals surface area contributed by atoms with Gasteiger partial charge in [-0.05, 0) is 56.1 Å². The van der Waals surface area contributed by atoms with Crippen molar-refractivity contribution in [1.29, 1.82) is 0 Å². The predicted octanol–water partition coefficient (Wildman–Crippen LogP) is 2.28. The van der Waals surface area contributed by atoms with Gasteiger partial charge in [-0.25, -0.2) is 0 Å². The van der Waals surface area contributed by atoms with Gasteiger partial charge in [-0.2, -0.15) is 11.8 Å². The van der Waals surface area contributed by atoms with Crippen molar-refractivity contribution < 1.29 is 4.74 Å². The van der Waals surface area contributed by atoms with Crippen LogP contribution in [-0.4, -0.2) is 31.3 Å². The number of rotatable bonds is 1. The summed E-state index contributed by atoms with van der Waals surface area (Å²) >= 11 is 2.06. The standard InChI is InChI=1S/C6H13NS.C5H10O/c7-5-6-1-3-8-4-2-6;1-2-4-6-5-3-1/h6H,1-5,7H2;1-5H2.